The molecule has 2 aliphatic heterocycles. The summed E-state index contributed by atoms with van der Waals surface area (Å²) in [5.74, 6) is -2.53. The Morgan fingerprint density at radius 2 is 1.47 bits per heavy atom. The van der Waals surface area contributed by atoms with Gasteiger partial charge in [-0.1, -0.05) is 56.3 Å². The van der Waals surface area contributed by atoms with Crippen molar-refractivity contribution in [2.75, 3.05) is 48.9 Å². The second-order valence-corrected chi connectivity index (χ2v) is 14.3. The fraction of sp³-hybridized carbons (Fsp3) is 0.368. The highest BCUT2D eigenvalue weighted by Gasteiger charge is 2.38. The van der Waals surface area contributed by atoms with Crippen LogP contribution in [0.2, 0.25) is 0 Å². The van der Waals surface area contributed by atoms with Crippen molar-refractivity contribution in [2.24, 2.45) is 0 Å². The lowest BCUT2D eigenvalue weighted by atomic mass is 9.89. The number of carbonyl (C=O) groups is 2. The molecule has 4 aromatic rings. The van der Waals surface area contributed by atoms with E-state index in [1.165, 1.54) is 0 Å². The molecule has 0 aliphatic carbocycles. The number of aromatic nitrogens is 2. The van der Waals surface area contributed by atoms with Gasteiger partial charge in [0.05, 0.1) is 17.1 Å². The summed E-state index contributed by atoms with van der Waals surface area (Å²) in [5.41, 5.74) is 2.17. The second-order valence-electron chi connectivity index (χ2n) is 12.6. The van der Waals surface area contributed by atoms with E-state index < -0.39 is 34.0 Å². The molecule has 3 N–H and O–H groups in total. The molecular formula is C38H42F6N6O6S. The number of amides is 1. The molecule has 2 fully saturated rings. The maximum Gasteiger partial charge on any atom is 0.490 e. The number of carboxylic acid groups (broad SMARTS) is 1. The smallest absolute Gasteiger partial charge is 0.475 e. The van der Waals surface area contributed by atoms with Gasteiger partial charge in [-0.15, -0.1) is 10.2 Å². The summed E-state index contributed by atoms with van der Waals surface area (Å²) in [6.45, 7) is 8.02. The monoisotopic (exact) mass is 824 g/mol. The van der Waals surface area contributed by atoms with Gasteiger partial charge >= 0.3 is 18.3 Å². The number of rotatable bonds is 9. The number of anilines is 2. The van der Waals surface area contributed by atoms with Crippen molar-refractivity contribution in [1.29, 1.82) is 0 Å². The fourth-order valence-electron chi connectivity index (χ4n) is 5.98. The highest BCUT2D eigenvalue weighted by Crippen LogP contribution is 2.34. The van der Waals surface area contributed by atoms with Crippen LogP contribution in [0.15, 0.2) is 84.9 Å². The minimum atomic E-state index is -5.08. The third-order valence-corrected chi connectivity index (χ3v) is 9.94. The predicted octanol–water partition coefficient (Wildman–Crippen LogP) is 7.32. The van der Waals surface area contributed by atoms with Gasteiger partial charge in [-0.05, 0) is 66.3 Å². The van der Waals surface area contributed by atoms with Crippen molar-refractivity contribution in [3.8, 4) is 11.6 Å². The standard InChI is InChI=1S/C34H35F3N6O4S.C2HF3O2.C2H6/c35-34(36,37)31-12-13-32(40-39-31)47-28-9-6-25(7-10-28)26-14-18-43(19-15-26)33(44)27-8-11-30(42-20-16-38-17-21-42)29(22-27)41-48(45,46)23-24-4-2-1-3-5-24;3-2(4,5)1(6)7;1-2/h1-13,22,26,38,41H,14-21,23H2;(H,6,7);1-2H3. The zero-order chi connectivity index (χ0) is 41.8. The zero-order valence-electron chi connectivity index (χ0n) is 31.0. The highest BCUT2D eigenvalue weighted by molar-refractivity contribution is 7.91. The number of hydrogen-bond donors (Lipinski definition) is 3. The Morgan fingerprint density at radius 1 is 0.860 bits per heavy atom. The highest BCUT2D eigenvalue weighted by atomic mass is 32.2. The molecule has 0 radical (unpaired) electrons. The number of aliphatic carboxylic acids is 1. The number of benzene rings is 3. The number of ether oxygens (including phenoxy) is 1. The summed E-state index contributed by atoms with van der Waals surface area (Å²) in [5, 5.41) is 17.1. The minimum absolute atomic E-state index is 0.0457. The van der Waals surface area contributed by atoms with Crippen LogP contribution in [0, 0.1) is 0 Å². The van der Waals surface area contributed by atoms with Crippen LogP contribution in [0.25, 0.3) is 0 Å². The molecule has 2 saturated heterocycles. The normalized spacial score (nSPS) is 15.0. The summed E-state index contributed by atoms with van der Waals surface area (Å²) in [6, 6.07) is 23.4. The Labute approximate surface area is 325 Å². The maximum atomic E-state index is 13.7. The molecule has 0 atom stereocenters. The van der Waals surface area contributed by atoms with E-state index in [1.807, 2.05) is 38.1 Å². The molecule has 1 amide bonds. The topological polar surface area (TPSA) is 154 Å². The lowest BCUT2D eigenvalue weighted by Crippen LogP contribution is -2.44. The van der Waals surface area contributed by atoms with Crippen LogP contribution in [0.1, 0.15) is 59.8 Å². The van der Waals surface area contributed by atoms with Crippen LogP contribution in [0.5, 0.6) is 11.6 Å². The van der Waals surface area contributed by atoms with E-state index in [0.717, 1.165) is 49.3 Å². The lowest BCUT2D eigenvalue weighted by Gasteiger charge is -2.33. The summed E-state index contributed by atoms with van der Waals surface area (Å²) >= 11 is 0. The third-order valence-electron chi connectivity index (χ3n) is 8.70. The van der Waals surface area contributed by atoms with Gasteiger partial charge in [0.2, 0.25) is 15.9 Å². The predicted molar refractivity (Wildman–Crippen MR) is 201 cm³/mol. The number of likely N-dealkylation sites (tertiary alicyclic amines) is 1. The Bertz CT molecular complexity index is 2020. The molecule has 12 nitrogen and oxygen atoms in total. The average molecular weight is 825 g/mol. The molecule has 308 valence electrons. The number of sulfonamides is 1. The van der Waals surface area contributed by atoms with Crippen molar-refractivity contribution >= 4 is 33.3 Å². The quantitative estimate of drug-likeness (QED) is 0.146. The molecule has 0 spiro atoms. The van der Waals surface area contributed by atoms with Crippen LogP contribution in [0.4, 0.5) is 37.7 Å². The first-order chi connectivity index (χ1) is 27.0. The van der Waals surface area contributed by atoms with E-state index in [-0.39, 0.29) is 23.5 Å². The number of hydrogen-bond acceptors (Lipinski definition) is 9. The summed E-state index contributed by atoms with van der Waals surface area (Å²) in [7, 11) is -3.76. The molecule has 0 saturated carbocycles. The van der Waals surface area contributed by atoms with Crippen LogP contribution >= 0.6 is 0 Å². The molecule has 1 aromatic heterocycles. The first kappa shape index (κ1) is 44.3. The van der Waals surface area contributed by atoms with E-state index in [4.69, 9.17) is 14.6 Å². The number of carboxylic acids is 1. The van der Waals surface area contributed by atoms with Gasteiger partial charge in [-0.2, -0.15) is 26.3 Å². The summed E-state index contributed by atoms with van der Waals surface area (Å²) < 4.78 is 105. The van der Waals surface area contributed by atoms with Gasteiger partial charge in [-0.25, -0.2) is 13.2 Å². The molecule has 3 heterocycles. The molecule has 3 aromatic carbocycles. The lowest BCUT2D eigenvalue weighted by molar-refractivity contribution is -0.192. The van der Waals surface area contributed by atoms with Gasteiger partial charge in [0.15, 0.2) is 5.69 Å². The Balaban J connectivity index is 0.000000723. The Morgan fingerprint density at radius 3 is 2.02 bits per heavy atom. The van der Waals surface area contributed by atoms with Crippen molar-refractivity contribution in [3.63, 3.8) is 0 Å². The van der Waals surface area contributed by atoms with Gasteiger partial charge < -0.3 is 25.0 Å². The average Bonchev–Trinajstić information content (AvgIpc) is 3.19. The fourth-order valence-corrected chi connectivity index (χ4v) is 7.18. The van der Waals surface area contributed by atoms with Crippen molar-refractivity contribution < 1.29 is 54.2 Å². The maximum absolute atomic E-state index is 13.7. The summed E-state index contributed by atoms with van der Waals surface area (Å²) in [4.78, 5) is 26.5. The van der Waals surface area contributed by atoms with Gasteiger partial charge in [0.1, 0.15) is 5.75 Å². The number of halogens is 6. The molecule has 0 bridgehead atoms. The first-order valence-corrected chi connectivity index (χ1v) is 19.6. The number of alkyl halides is 6. The molecule has 2 aliphatic rings. The van der Waals surface area contributed by atoms with Crippen LogP contribution < -0.4 is 19.7 Å². The van der Waals surface area contributed by atoms with Gasteiger partial charge in [-0.3, -0.25) is 9.52 Å². The number of piperazine rings is 1. The SMILES string of the molecule is CC.O=C(O)C(F)(F)F.O=C(c1ccc(N2CCNCC2)c(NS(=O)(=O)Cc2ccccc2)c1)N1CCC(c2ccc(Oc3ccc(C(F)(F)F)nn3)cc2)CC1. The van der Waals surface area contributed by atoms with E-state index in [9.17, 15) is 39.6 Å². The number of nitrogens with one attached hydrogen (secondary N) is 2. The number of nitrogens with zero attached hydrogens (tertiary/aromatic N) is 4. The van der Waals surface area contributed by atoms with E-state index in [1.54, 1.807) is 53.4 Å². The molecule has 0 unspecified atom stereocenters. The van der Waals surface area contributed by atoms with Gasteiger partial charge in [0.25, 0.3) is 5.91 Å². The minimum Gasteiger partial charge on any atom is -0.475 e. The molecule has 19 heteroatoms. The van der Waals surface area contributed by atoms with Crippen LogP contribution in [-0.4, -0.2) is 85.9 Å². The van der Waals surface area contributed by atoms with Crippen molar-refractivity contribution in [3.05, 3.63) is 107 Å². The third kappa shape index (κ3) is 13.1. The molecule has 6 rings (SSSR count). The second kappa shape index (κ2) is 19.6. The van der Waals surface area contributed by atoms with Gasteiger partial charge in [0, 0.05) is 50.9 Å². The largest absolute Gasteiger partial charge is 0.490 e. The van der Waals surface area contributed by atoms with Crippen LogP contribution in [-0.2, 0) is 26.7 Å². The van der Waals surface area contributed by atoms with E-state index in [0.29, 0.717) is 48.7 Å². The first-order valence-electron chi connectivity index (χ1n) is 17.9. The Hall–Kier alpha value is -5.43. The Kier molecular flexibility index (Phi) is 15.2. The van der Waals surface area contributed by atoms with Crippen molar-refractivity contribution in [2.45, 2.75) is 50.7 Å². The van der Waals surface area contributed by atoms with E-state index >= 15 is 0 Å². The summed E-state index contributed by atoms with van der Waals surface area (Å²) in [6.07, 6.45) is -8.20. The number of piperidine rings is 1. The van der Waals surface area contributed by atoms with E-state index in [2.05, 4.69) is 25.1 Å². The van der Waals surface area contributed by atoms with Crippen molar-refractivity contribution in [1.82, 2.24) is 20.4 Å². The zero-order valence-corrected chi connectivity index (χ0v) is 31.8. The molecule has 57 heavy (non-hydrogen) atoms. The molecular weight excluding hydrogens is 783 g/mol. The number of carbonyl (C=O) groups excluding carboxylic acids is 1. The van der Waals surface area contributed by atoms with Crippen LogP contribution in [0.3, 0.4) is 0 Å².